The van der Waals surface area contributed by atoms with Gasteiger partial charge >= 0.3 is 0 Å². The minimum absolute atomic E-state index is 0.241. The Labute approximate surface area is 147 Å². The average Bonchev–Trinajstić information content (AvgIpc) is 3.41. The summed E-state index contributed by atoms with van der Waals surface area (Å²) in [5, 5.41) is 12.4. The van der Waals surface area contributed by atoms with Gasteiger partial charge in [-0.25, -0.2) is 15.4 Å². The number of allylic oxidation sites excluding steroid dienone is 2. The van der Waals surface area contributed by atoms with Crippen molar-refractivity contribution in [1.82, 2.24) is 20.8 Å². The minimum Gasteiger partial charge on any atom is -0.341 e. The number of carbonyl (C=O) groups is 1. The Kier molecular flexibility index (Phi) is 5.45. The SMILES string of the molecule is C=C/C=C(\C)C1CC1NC1CCN(c2ncc(C(=O)NO)cn2)CC1. The van der Waals surface area contributed by atoms with E-state index in [4.69, 9.17) is 5.21 Å². The van der Waals surface area contributed by atoms with Crippen LogP contribution in [0.2, 0.25) is 0 Å². The Bertz CT molecular complexity index is 650. The summed E-state index contributed by atoms with van der Waals surface area (Å²) in [7, 11) is 0. The van der Waals surface area contributed by atoms with Crippen molar-refractivity contribution in [2.45, 2.75) is 38.3 Å². The van der Waals surface area contributed by atoms with Crippen molar-refractivity contribution >= 4 is 11.9 Å². The maximum Gasteiger partial charge on any atom is 0.277 e. The summed E-state index contributed by atoms with van der Waals surface area (Å²) in [4.78, 5) is 21.9. The molecule has 2 unspecified atom stereocenters. The normalized spacial score (nSPS) is 24.1. The summed E-state index contributed by atoms with van der Waals surface area (Å²) in [6.45, 7) is 7.72. The number of nitrogens with one attached hydrogen (secondary N) is 2. The van der Waals surface area contributed by atoms with Gasteiger partial charge in [0.05, 0.1) is 5.56 Å². The van der Waals surface area contributed by atoms with Crippen LogP contribution < -0.4 is 15.7 Å². The van der Waals surface area contributed by atoms with Crippen LogP contribution in [0.4, 0.5) is 5.95 Å². The fraction of sp³-hybridized carbons (Fsp3) is 0.500. The molecule has 25 heavy (non-hydrogen) atoms. The molecule has 2 aliphatic rings. The lowest BCUT2D eigenvalue weighted by atomic mass is 10.0. The first-order chi connectivity index (χ1) is 12.1. The van der Waals surface area contributed by atoms with Gasteiger partial charge in [0.2, 0.25) is 5.95 Å². The quantitative estimate of drug-likeness (QED) is 0.414. The highest BCUT2D eigenvalue weighted by atomic mass is 16.5. The molecule has 7 nitrogen and oxygen atoms in total. The fourth-order valence-corrected chi connectivity index (χ4v) is 3.41. The summed E-state index contributed by atoms with van der Waals surface area (Å²) in [6.07, 6.45) is 10.1. The van der Waals surface area contributed by atoms with E-state index in [2.05, 4.69) is 39.8 Å². The lowest BCUT2D eigenvalue weighted by Gasteiger charge is -2.32. The maximum absolute atomic E-state index is 11.3. The number of hydrogen-bond acceptors (Lipinski definition) is 6. The predicted molar refractivity (Wildman–Crippen MR) is 95.5 cm³/mol. The van der Waals surface area contributed by atoms with Gasteiger partial charge in [-0.15, -0.1) is 0 Å². The van der Waals surface area contributed by atoms with Crippen molar-refractivity contribution in [2.75, 3.05) is 18.0 Å². The van der Waals surface area contributed by atoms with E-state index in [1.165, 1.54) is 24.4 Å². The van der Waals surface area contributed by atoms with E-state index in [1.807, 2.05) is 6.08 Å². The maximum atomic E-state index is 11.3. The van der Waals surface area contributed by atoms with E-state index in [0.717, 1.165) is 25.9 Å². The van der Waals surface area contributed by atoms with E-state index in [9.17, 15) is 4.79 Å². The largest absolute Gasteiger partial charge is 0.341 e. The van der Waals surface area contributed by atoms with Crippen LogP contribution >= 0.6 is 0 Å². The highest BCUT2D eigenvalue weighted by molar-refractivity contribution is 5.92. The van der Waals surface area contributed by atoms with Crippen LogP contribution in [0.1, 0.15) is 36.5 Å². The third-order valence-corrected chi connectivity index (χ3v) is 4.99. The molecular formula is C18H25N5O2. The van der Waals surface area contributed by atoms with Gasteiger partial charge in [0.1, 0.15) is 0 Å². The summed E-state index contributed by atoms with van der Waals surface area (Å²) in [5.74, 6) is 0.681. The Morgan fingerprint density at radius 2 is 2.04 bits per heavy atom. The molecule has 1 saturated carbocycles. The van der Waals surface area contributed by atoms with Gasteiger partial charge in [-0.1, -0.05) is 24.3 Å². The van der Waals surface area contributed by atoms with Crippen molar-refractivity contribution in [2.24, 2.45) is 5.92 Å². The number of amides is 1. The van der Waals surface area contributed by atoms with Gasteiger partial charge in [0.15, 0.2) is 0 Å². The second-order valence-corrected chi connectivity index (χ2v) is 6.74. The molecule has 134 valence electrons. The number of hydroxylamine groups is 1. The number of nitrogens with zero attached hydrogens (tertiary/aromatic N) is 3. The molecule has 0 bridgehead atoms. The van der Waals surface area contributed by atoms with Crippen molar-refractivity contribution < 1.29 is 10.0 Å². The molecule has 2 fully saturated rings. The Hall–Kier alpha value is -2.25. The number of rotatable bonds is 6. The van der Waals surface area contributed by atoms with Crippen molar-refractivity contribution in [3.05, 3.63) is 42.3 Å². The third kappa shape index (κ3) is 4.24. The highest BCUT2D eigenvalue weighted by Gasteiger charge is 2.39. The minimum atomic E-state index is -0.603. The second kappa shape index (κ2) is 7.76. The number of carbonyl (C=O) groups excluding carboxylic acids is 1. The number of hydrogen-bond donors (Lipinski definition) is 3. The molecule has 1 saturated heterocycles. The van der Waals surface area contributed by atoms with E-state index >= 15 is 0 Å². The van der Waals surface area contributed by atoms with Gasteiger partial charge in [-0.05, 0) is 32.1 Å². The second-order valence-electron chi connectivity index (χ2n) is 6.74. The molecular weight excluding hydrogens is 318 g/mol. The predicted octanol–water partition coefficient (Wildman–Crippen LogP) is 1.67. The first-order valence-electron chi connectivity index (χ1n) is 8.69. The topological polar surface area (TPSA) is 90.4 Å². The first kappa shape index (κ1) is 17.6. The summed E-state index contributed by atoms with van der Waals surface area (Å²) < 4.78 is 0. The fourth-order valence-electron chi connectivity index (χ4n) is 3.41. The van der Waals surface area contributed by atoms with E-state index in [1.54, 1.807) is 5.48 Å². The number of anilines is 1. The Morgan fingerprint density at radius 3 is 2.64 bits per heavy atom. The molecule has 7 heteroatoms. The van der Waals surface area contributed by atoms with Crippen LogP contribution in [-0.4, -0.2) is 46.3 Å². The van der Waals surface area contributed by atoms with Gasteiger partial charge in [-0.2, -0.15) is 0 Å². The zero-order valence-electron chi connectivity index (χ0n) is 14.5. The van der Waals surface area contributed by atoms with E-state index in [0.29, 0.717) is 23.9 Å². The molecule has 2 atom stereocenters. The third-order valence-electron chi connectivity index (χ3n) is 4.99. The summed E-state index contributed by atoms with van der Waals surface area (Å²) in [6, 6.07) is 1.13. The van der Waals surface area contributed by atoms with Gasteiger partial charge in [0, 0.05) is 37.6 Å². The highest BCUT2D eigenvalue weighted by Crippen LogP contribution is 2.38. The van der Waals surface area contributed by atoms with Crippen LogP contribution in [-0.2, 0) is 0 Å². The van der Waals surface area contributed by atoms with Crippen molar-refractivity contribution in [3.63, 3.8) is 0 Å². The van der Waals surface area contributed by atoms with E-state index < -0.39 is 5.91 Å². The van der Waals surface area contributed by atoms with Crippen LogP contribution in [0.3, 0.4) is 0 Å². The number of piperidine rings is 1. The lowest BCUT2D eigenvalue weighted by Crippen LogP contribution is -2.44. The van der Waals surface area contributed by atoms with Crippen LogP contribution in [0.5, 0.6) is 0 Å². The van der Waals surface area contributed by atoms with Crippen molar-refractivity contribution in [3.8, 4) is 0 Å². The number of aromatic nitrogens is 2. The molecule has 0 spiro atoms. The molecule has 2 heterocycles. The van der Waals surface area contributed by atoms with Gasteiger partial charge in [0.25, 0.3) is 5.91 Å². The van der Waals surface area contributed by atoms with Gasteiger partial charge in [-0.3, -0.25) is 10.0 Å². The van der Waals surface area contributed by atoms with Gasteiger partial charge < -0.3 is 10.2 Å². The Balaban J connectivity index is 1.47. The van der Waals surface area contributed by atoms with Crippen molar-refractivity contribution in [1.29, 1.82) is 0 Å². The van der Waals surface area contributed by atoms with Crippen LogP contribution in [0, 0.1) is 5.92 Å². The molecule has 1 aromatic rings. The monoisotopic (exact) mass is 343 g/mol. The Morgan fingerprint density at radius 1 is 1.36 bits per heavy atom. The zero-order valence-corrected chi connectivity index (χ0v) is 14.5. The molecule has 0 aromatic carbocycles. The zero-order chi connectivity index (χ0) is 17.8. The molecule has 1 aliphatic heterocycles. The molecule has 1 aromatic heterocycles. The molecule has 3 rings (SSSR count). The standard InChI is InChI=1S/C18H25N5O2/c1-3-4-12(2)15-9-16(15)21-14-5-7-23(8-6-14)18-19-10-13(11-20-18)17(24)22-25/h3-4,10-11,14-16,21,25H,1,5-9H2,2H3,(H,22,24)/b12-4+. The summed E-state index contributed by atoms with van der Waals surface area (Å²) >= 11 is 0. The van der Waals surface area contributed by atoms with E-state index in [-0.39, 0.29) is 5.56 Å². The van der Waals surface area contributed by atoms with Crippen LogP contribution in [0.15, 0.2) is 36.7 Å². The summed E-state index contributed by atoms with van der Waals surface area (Å²) in [5.41, 5.74) is 3.23. The molecule has 1 aliphatic carbocycles. The molecule has 1 amide bonds. The molecule has 0 radical (unpaired) electrons. The lowest BCUT2D eigenvalue weighted by molar-refractivity contribution is 0.0705. The average molecular weight is 343 g/mol. The van der Waals surface area contributed by atoms with Crippen LogP contribution in [0.25, 0.3) is 0 Å². The smallest absolute Gasteiger partial charge is 0.277 e. The first-order valence-corrected chi connectivity index (χ1v) is 8.69. The molecule has 3 N–H and O–H groups in total.